The third-order valence-corrected chi connectivity index (χ3v) is 3.54. The van der Waals surface area contributed by atoms with Crippen molar-refractivity contribution in [2.24, 2.45) is 0 Å². The van der Waals surface area contributed by atoms with Gasteiger partial charge in [0.1, 0.15) is 5.75 Å². The summed E-state index contributed by atoms with van der Waals surface area (Å²) in [7, 11) is 0. The highest BCUT2D eigenvalue weighted by atomic mass is 16.4. The zero-order valence-electron chi connectivity index (χ0n) is 11.1. The van der Waals surface area contributed by atoms with Gasteiger partial charge in [-0.1, -0.05) is 18.2 Å². The summed E-state index contributed by atoms with van der Waals surface area (Å²) in [6, 6.07) is 11.3. The van der Waals surface area contributed by atoms with E-state index in [9.17, 15) is 14.7 Å². The van der Waals surface area contributed by atoms with Crippen molar-refractivity contribution in [3.8, 4) is 5.75 Å². The number of hydrogen-bond donors (Lipinski definition) is 2. The number of fused-ring (bicyclic) bond motifs is 1. The van der Waals surface area contributed by atoms with Crippen LogP contribution in [0.5, 0.6) is 5.75 Å². The molecule has 0 fully saturated rings. The molecule has 2 aromatic carbocycles. The molecule has 0 radical (unpaired) electrons. The summed E-state index contributed by atoms with van der Waals surface area (Å²) in [5.41, 5.74) is 2.52. The molecule has 0 atom stereocenters. The summed E-state index contributed by atoms with van der Waals surface area (Å²) in [6.45, 7) is 0.356. The van der Waals surface area contributed by atoms with Crippen LogP contribution in [0.4, 0.5) is 5.69 Å². The van der Waals surface area contributed by atoms with Crippen LogP contribution < -0.4 is 4.90 Å². The first kappa shape index (κ1) is 13.2. The van der Waals surface area contributed by atoms with Crippen molar-refractivity contribution < 1.29 is 19.8 Å². The van der Waals surface area contributed by atoms with Gasteiger partial charge in [-0.2, -0.15) is 0 Å². The number of carboxylic acid groups (broad SMARTS) is 1. The quantitative estimate of drug-likeness (QED) is 0.905. The van der Waals surface area contributed by atoms with E-state index in [0.717, 1.165) is 11.1 Å². The molecule has 0 spiro atoms. The number of anilines is 1. The van der Waals surface area contributed by atoms with Crippen molar-refractivity contribution in [2.75, 3.05) is 4.90 Å². The number of carboxylic acids is 1. The third-order valence-electron chi connectivity index (χ3n) is 3.54. The average molecular weight is 283 g/mol. The minimum atomic E-state index is -1.01. The van der Waals surface area contributed by atoms with E-state index >= 15 is 0 Å². The van der Waals surface area contributed by atoms with Crippen LogP contribution in [0.25, 0.3) is 0 Å². The number of carbonyl (C=O) groups excluding carboxylic acids is 1. The lowest BCUT2D eigenvalue weighted by Crippen LogP contribution is -2.26. The Labute approximate surface area is 121 Å². The van der Waals surface area contributed by atoms with Crippen LogP contribution in [0.1, 0.15) is 21.5 Å². The second kappa shape index (κ2) is 4.94. The first-order valence-electron chi connectivity index (χ1n) is 6.49. The molecule has 2 N–H and O–H groups in total. The fourth-order valence-corrected chi connectivity index (χ4v) is 2.45. The number of nitrogens with zero attached hydrogens (tertiary/aromatic N) is 1. The van der Waals surface area contributed by atoms with E-state index in [1.807, 2.05) is 0 Å². The molecule has 1 amide bonds. The smallest absolute Gasteiger partial charge is 0.335 e. The standard InChI is InChI=1S/C16H13NO4/c18-13-5-1-10(2-6-13)9-17-14-7-12(16(20)21)4-3-11(14)8-15(17)19/h1-7,18H,8-9H2,(H,20,21). The normalized spacial score (nSPS) is 13.3. The first-order chi connectivity index (χ1) is 10.0. The SMILES string of the molecule is O=C(O)c1ccc2c(c1)N(Cc1ccc(O)cc1)C(=O)C2. The van der Waals surface area contributed by atoms with Crippen molar-refractivity contribution in [2.45, 2.75) is 13.0 Å². The highest BCUT2D eigenvalue weighted by Crippen LogP contribution is 2.31. The molecular weight excluding hydrogens is 270 g/mol. The van der Waals surface area contributed by atoms with Gasteiger partial charge >= 0.3 is 5.97 Å². The summed E-state index contributed by atoms with van der Waals surface area (Å²) in [5, 5.41) is 18.3. The molecule has 0 aliphatic carbocycles. The van der Waals surface area contributed by atoms with E-state index in [4.69, 9.17) is 5.11 Å². The molecule has 1 heterocycles. The number of aromatic hydroxyl groups is 1. The van der Waals surface area contributed by atoms with E-state index in [2.05, 4.69) is 0 Å². The summed E-state index contributed by atoms with van der Waals surface area (Å²) >= 11 is 0. The molecule has 2 aromatic rings. The van der Waals surface area contributed by atoms with Crippen LogP contribution in [0.15, 0.2) is 42.5 Å². The predicted octanol–water partition coefficient (Wildman–Crippen LogP) is 2.18. The third kappa shape index (κ3) is 2.45. The predicted molar refractivity (Wildman–Crippen MR) is 76.4 cm³/mol. The second-order valence-corrected chi connectivity index (χ2v) is 4.97. The lowest BCUT2D eigenvalue weighted by Gasteiger charge is -2.18. The van der Waals surface area contributed by atoms with E-state index in [0.29, 0.717) is 12.2 Å². The van der Waals surface area contributed by atoms with Crippen LogP contribution in [-0.2, 0) is 17.8 Å². The van der Waals surface area contributed by atoms with Crippen LogP contribution in [0.2, 0.25) is 0 Å². The number of phenols is 1. The summed E-state index contributed by atoms with van der Waals surface area (Å²) in [5.74, 6) is -0.901. The van der Waals surface area contributed by atoms with E-state index < -0.39 is 5.97 Å². The second-order valence-electron chi connectivity index (χ2n) is 4.97. The van der Waals surface area contributed by atoms with Crippen LogP contribution in [0.3, 0.4) is 0 Å². The number of amides is 1. The van der Waals surface area contributed by atoms with Crippen LogP contribution >= 0.6 is 0 Å². The average Bonchev–Trinajstić information content (AvgIpc) is 2.77. The molecular formula is C16H13NO4. The molecule has 0 bridgehead atoms. The lowest BCUT2D eigenvalue weighted by molar-refractivity contribution is -0.117. The van der Waals surface area contributed by atoms with E-state index in [-0.39, 0.29) is 23.6 Å². The number of hydrogen-bond acceptors (Lipinski definition) is 3. The number of rotatable bonds is 3. The number of aromatic carboxylic acids is 1. The molecule has 0 saturated carbocycles. The number of phenolic OH excluding ortho intramolecular Hbond substituents is 1. The highest BCUT2D eigenvalue weighted by molar-refractivity contribution is 6.02. The van der Waals surface area contributed by atoms with Gasteiger partial charge in [0.05, 0.1) is 18.5 Å². The first-order valence-corrected chi connectivity index (χ1v) is 6.49. The maximum absolute atomic E-state index is 12.1. The molecule has 1 aliphatic heterocycles. The maximum atomic E-state index is 12.1. The zero-order valence-corrected chi connectivity index (χ0v) is 11.1. The number of carbonyl (C=O) groups is 2. The molecule has 1 aliphatic rings. The molecule has 0 unspecified atom stereocenters. The summed E-state index contributed by atoms with van der Waals surface area (Å²) in [4.78, 5) is 24.7. The van der Waals surface area contributed by atoms with Gasteiger partial charge in [0.25, 0.3) is 0 Å². The monoisotopic (exact) mass is 283 g/mol. The van der Waals surface area contributed by atoms with Gasteiger partial charge in [0.15, 0.2) is 0 Å². The fourth-order valence-electron chi connectivity index (χ4n) is 2.45. The molecule has 0 aromatic heterocycles. The maximum Gasteiger partial charge on any atom is 0.335 e. The van der Waals surface area contributed by atoms with Gasteiger partial charge in [-0.15, -0.1) is 0 Å². The van der Waals surface area contributed by atoms with Gasteiger partial charge in [0.2, 0.25) is 5.91 Å². The Morgan fingerprint density at radius 1 is 1.14 bits per heavy atom. The van der Waals surface area contributed by atoms with Gasteiger partial charge in [-0.25, -0.2) is 4.79 Å². The minimum absolute atomic E-state index is 0.0550. The van der Waals surface area contributed by atoms with E-state index in [1.165, 1.54) is 12.1 Å². The van der Waals surface area contributed by atoms with Gasteiger partial charge in [-0.3, -0.25) is 4.79 Å². The Bertz CT molecular complexity index is 722. The minimum Gasteiger partial charge on any atom is -0.508 e. The highest BCUT2D eigenvalue weighted by Gasteiger charge is 2.28. The van der Waals surface area contributed by atoms with Crippen molar-refractivity contribution in [1.29, 1.82) is 0 Å². The Morgan fingerprint density at radius 2 is 1.86 bits per heavy atom. The largest absolute Gasteiger partial charge is 0.508 e. The number of benzene rings is 2. The van der Waals surface area contributed by atoms with E-state index in [1.54, 1.807) is 35.2 Å². The molecule has 5 heteroatoms. The van der Waals surface area contributed by atoms with Crippen LogP contribution in [0, 0.1) is 0 Å². The lowest BCUT2D eigenvalue weighted by atomic mass is 10.1. The Balaban J connectivity index is 1.93. The van der Waals surface area contributed by atoms with Crippen LogP contribution in [-0.4, -0.2) is 22.1 Å². The van der Waals surface area contributed by atoms with Crippen molar-refractivity contribution in [1.82, 2.24) is 0 Å². The zero-order chi connectivity index (χ0) is 15.0. The Kier molecular flexibility index (Phi) is 3.10. The van der Waals surface area contributed by atoms with Crippen molar-refractivity contribution >= 4 is 17.6 Å². The topological polar surface area (TPSA) is 77.8 Å². The molecule has 5 nitrogen and oxygen atoms in total. The van der Waals surface area contributed by atoms with Gasteiger partial charge in [0, 0.05) is 5.69 Å². The fraction of sp³-hybridized carbons (Fsp3) is 0.125. The molecule has 3 rings (SSSR count). The van der Waals surface area contributed by atoms with Gasteiger partial charge in [-0.05, 0) is 35.4 Å². The Hall–Kier alpha value is -2.82. The summed E-state index contributed by atoms with van der Waals surface area (Å²) < 4.78 is 0. The van der Waals surface area contributed by atoms with Crippen molar-refractivity contribution in [3.63, 3.8) is 0 Å². The van der Waals surface area contributed by atoms with Crippen molar-refractivity contribution in [3.05, 3.63) is 59.2 Å². The molecule has 106 valence electrons. The molecule has 21 heavy (non-hydrogen) atoms. The summed E-state index contributed by atoms with van der Waals surface area (Å²) in [6.07, 6.45) is 0.285. The van der Waals surface area contributed by atoms with Gasteiger partial charge < -0.3 is 15.1 Å². The Morgan fingerprint density at radius 3 is 2.52 bits per heavy atom. The molecule has 0 saturated heterocycles.